The molecule has 0 radical (unpaired) electrons. The highest BCUT2D eigenvalue weighted by molar-refractivity contribution is 5.40. The van der Waals surface area contributed by atoms with Gasteiger partial charge in [-0.15, -0.1) is 0 Å². The molecule has 27 heavy (non-hydrogen) atoms. The van der Waals surface area contributed by atoms with Crippen LogP contribution in [0.4, 0.5) is 5.82 Å². The molecule has 0 amide bonds. The van der Waals surface area contributed by atoms with E-state index in [1.54, 1.807) is 12.7 Å². The van der Waals surface area contributed by atoms with Crippen LogP contribution < -0.4 is 15.8 Å². The van der Waals surface area contributed by atoms with E-state index in [9.17, 15) is 0 Å². The molecule has 0 spiro atoms. The molecule has 0 aromatic carbocycles. The van der Waals surface area contributed by atoms with E-state index in [2.05, 4.69) is 41.8 Å². The van der Waals surface area contributed by atoms with Gasteiger partial charge in [-0.05, 0) is 36.7 Å². The summed E-state index contributed by atoms with van der Waals surface area (Å²) in [4.78, 5) is 19.8. The first-order valence-corrected chi connectivity index (χ1v) is 9.79. The highest BCUT2D eigenvalue weighted by Gasteiger charge is 2.42. The fraction of sp³-hybridized carbons (Fsp3) is 0.579. The van der Waals surface area contributed by atoms with Crippen molar-refractivity contribution in [3.63, 3.8) is 0 Å². The van der Waals surface area contributed by atoms with Crippen molar-refractivity contribution in [1.29, 1.82) is 0 Å². The molecule has 1 aliphatic carbocycles. The fourth-order valence-corrected chi connectivity index (χ4v) is 4.67. The Balaban J connectivity index is 1.36. The van der Waals surface area contributed by atoms with Gasteiger partial charge in [0.2, 0.25) is 0 Å². The highest BCUT2D eigenvalue weighted by atomic mass is 16.5. The maximum Gasteiger partial charge on any atom is 0.132 e. The number of rotatable bonds is 3. The number of hydrogen-bond acceptors (Lipinski definition) is 8. The fourth-order valence-electron chi connectivity index (χ4n) is 4.67. The zero-order chi connectivity index (χ0) is 18.1. The summed E-state index contributed by atoms with van der Waals surface area (Å²) in [5.41, 5.74) is 9.32. The zero-order valence-corrected chi connectivity index (χ0v) is 15.3. The lowest BCUT2D eigenvalue weighted by atomic mass is 9.73. The van der Waals surface area contributed by atoms with Crippen LogP contribution in [-0.2, 0) is 4.74 Å². The van der Waals surface area contributed by atoms with E-state index in [-0.39, 0.29) is 6.04 Å². The Hall–Kier alpha value is -2.16. The normalized spacial score (nSPS) is 30.9. The van der Waals surface area contributed by atoms with E-state index in [0.29, 0.717) is 17.9 Å². The number of anilines is 1. The van der Waals surface area contributed by atoms with Crippen LogP contribution in [0.5, 0.6) is 0 Å². The zero-order valence-electron chi connectivity index (χ0n) is 15.3. The Labute approximate surface area is 158 Å². The Morgan fingerprint density at radius 2 is 1.85 bits per heavy atom. The second kappa shape index (κ2) is 7.46. The smallest absolute Gasteiger partial charge is 0.132 e. The first kappa shape index (κ1) is 17.0. The molecule has 8 nitrogen and oxygen atoms in total. The molecule has 4 unspecified atom stereocenters. The number of nitrogens with zero attached hydrogens (tertiary/aromatic N) is 5. The summed E-state index contributed by atoms with van der Waals surface area (Å²) in [6.45, 7) is 3.28. The van der Waals surface area contributed by atoms with Crippen molar-refractivity contribution >= 4 is 5.82 Å². The Kier molecular flexibility index (Phi) is 4.69. The van der Waals surface area contributed by atoms with Gasteiger partial charge in [-0.25, -0.2) is 25.4 Å². The molecule has 5 rings (SSSR count). The molecule has 2 saturated heterocycles. The summed E-state index contributed by atoms with van der Waals surface area (Å²) in [6, 6.07) is 2.82. The van der Waals surface area contributed by atoms with Crippen LogP contribution >= 0.6 is 0 Å². The summed E-state index contributed by atoms with van der Waals surface area (Å²) >= 11 is 0. The molecule has 2 aromatic heterocycles. The average Bonchev–Trinajstić information content (AvgIpc) is 3.18. The Morgan fingerprint density at radius 3 is 2.70 bits per heavy atom. The van der Waals surface area contributed by atoms with Crippen LogP contribution in [0.2, 0.25) is 0 Å². The second-order valence-electron chi connectivity index (χ2n) is 7.62. The lowest BCUT2D eigenvalue weighted by Crippen LogP contribution is -2.37. The molecule has 0 bridgehead atoms. The third kappa shape index (κ3) is 3.40. The van der Waals surface area contributed by atoms with Crippen LogP contribution in [0.25, 0.3) is 0 Å². The lowest BCUT2D eigenvalue weighted by Gasteiger charge is -2.33. The van der Waals surface area contributed by atoms with E-state index < -0.39 is 0 Å². The quantitative estimate of drug-likeness (QED) is 0.837. The van der Waals surface area contributed by atoms with Crippen molar-refractivity contribution in [1.82, 2.24) is 30.8 Å². The summed E-state index contributed by atoms with van der Waals surface area (Å²) in [6.07, 6.45) is 10.6. The van der Waals surface area contributed by atoms with Gasteiger partial charge in [0.15, 0.2) is 0 Å². The number of hydrazine groups is 1. The van der Waals surface area contributed by atoms with E-state index in [4.69, 9.17) is 4.74 Å². The van der Waals surface area contributed by atoms with Crippen LogP contribution in [0.1, 0.15) is 42.5 Å². The molecule has 1 saturated carbocycles. The van der Waals surface area contributed by atoms with Gasteiger partial charge in [-0.1, -0.05) is 0 Å². The lowest BCUT2D eigenvalue weighted by molar-refractivity contribution is 0.122. The largest absolute Gasteiger partial charge is 0.378 e. The molecular formula is C19H25N7O. The Morgan fingerprint density at radius 1 is 1.00 bits per heavy atom. The monoisotopic (exact) mass is 367 g/mol. The van der Waals surface area contributed by atoms with Crippen LogP contribution in [-0.4, -0.2) is 52.3 Å². The third-order valence-corrected chi connectivity index (χ3v) is 6.13. The maximum absolute atomic E-state index is 5.46. The predicted octanol–water partition coefficient (Wildman–Crippen LogP) is 1.20. The molecule has 2 aliphatic heterocycles. The molecule has 142 valence electrons. The summed E-state index contributed by atoms with van der Waals surface area (Å²) < 4.78 is 5.46. The second-order valence-corrected chi connectivity index (χ2v) is 7.62. The standard InChI is InChI=1S/C19H25N7O/c1-2-16-15(7-13(1)14-9-20-11-21-10-14)19(25-24-16)17-8-18(23-12-22-17)26-3-5-27-6-4-26/h8-13,15-16,19,24-25H,1-7H2. The first-order chi connectivity index (χ1) is 13.4. The molecular weight excluding hydrogens is 342 g/mol. The van der Waals surface area contributed by atoms with E-state index in [0.717, 1.165) is 50.7 Å². The molecule has 8 heteroatoms. The van der Waals surface area contributed by atoms with Gasteiger partial charge < -0.3 is 9.64 Å². The van der Waals surface area contributed by atoms with Crippen LogP contribution in [0, 0.1) is 5.92 Å². The summed E-state index contributed by atoms with van der Waals surface area (Å²) in [5.74, 6) is 2.01. The molecule has 3 fully saturated rings. The van der Waals surface area contributed by atoms with Crippen LogP contribution in [0.15, 0.2) is 31.1 Å². The van der Waals surface area contributed by atoms with Crippen molar-refractivity contribution in [3.05, 3.63) is 42.4 Å². The molecule has 2 aromatic rings. The van der Waals surface area contributed by atoms with Crippen molar-refractivity contribution < 1.29 is 4.74 Å². The van der Waals surface area contributed by atoms with Crippen molar-refractivity contribution in [2.75, 3.05) is 31.2 Å². The summed E-state index contributed by atoms with van der Waals surface area (Å²) in [5, 5.41) is 0. The summed E-state index contributed by atoms with van der Waals surface area (Å²) in [7, 11) is 0. The van der Waals surface area contributed by atoms with Gasteiger partial charge in [0, 0.05) is 37.6 Å². The number of hydrogen-bond donors (Lipinski definition) is 2. The maximum atomic E-state index is 5.46. The van der Waals surface area contributed by atoms with Gasteiger partial charge >= 0.3 is 0 Å². The minimum atomic E-state index is 0.199. The molecule has 4 atom stereocenters. The third-order valence-electron chi connectivity index (χ3n) is 6.13. The minimum absolute atomic E-state index is 0.199. The van der Waals surface area contributed by atoms with Gasteiger partial charge in [-0.3, -0.25) is 5.43 Å². The van der Waals surface area contributed by atoms with Gasteiger partial charge in [0.1, 0.15) is 18.5 Å². The van der Waals surface area contributed by atoms with Gasteiger partial charge in [-0.2, -0.15) is 0 Å². The van der Waals surface area contributed by atoms with Gasteiger partial charge in [0.05, 0.1) is 24.9 Å². The first-order valence-electron chi connectivity index (χ1n) is 9.79. The number of nitrogens with one attached hydrogen (secondary N) is 2. The van der Waals surface area contributed by atoms with E-state index in [1.165, 1.54) is 12.0 Å². The van der Waals surface area contributed by atoms with Crippen molar-refractivity contribution in [2.24, 2.45) is 5.92 Å². The Bertz CT molecular complexity index is 768. The predicted molar refractivity (Wildman–Crippen MR) is 100.0 cm³/mol. The number of ether oxygens (including phenoxy) is 1. The topological polar surface area (TPSA) is 88.1 Å². The van der Waals surface area contributed by atoms with Gasteiger partial charge in [0.25, 0.3) is 0 Å². The average molecular weight is 367 g/mol. The minimum Gasteiger partial charge on any atom is -0.378 e. The van der Waals surface area contributed by atoms with Crippen LogP contribution in [0.3, 0.4) is 0 Å². The number of morpholine rings is 1. The highest BCUT2D eigenvalue weighted by Crippen LogP contribution is 2.43. The van der Waals surface area contributed by atoms with Crippen molar-refractivity contribution in [2.45, 2.75) is 37.3 Å². The van der Waals surface area contributed by atoms with Crippen molar-refractivity contribution in [3.8, 4) is 0 Å². The molecule has 4 heterocycles. The SMILES string of the molecule is c1ncc(C2CCC3NNC(c4cc(N5CCOCC5)ncn4)C3C2)cn1. The van der Waals surface area contributed by atoms with E-state index in [1.807, 2.05) is 12.4 Å². The molecule has 2 N–H and O–H groups in total. The van der Waals surface area contributed by atoms with E-state index >= 15 is 0 Å². The number of fused-ring (bicyclic) bond motifs is 1. The number of aromatic nitrogens is 4. The molecule has 3 aliphatic rings.